The Hall–Kier alpha value is -1.62. The van der Waals surface area contributed by atoms with Crippen molar-refractivity contribution in [3.05, 3.63) is 28.2 Å². The van der Waals surface area contributed by atoms with Crippen molar-refractivity contribution < 1.29 is 0 Å². The highest BCUT2D eigenvalue weighted by atomic mass is 35.5. The van der Waals surface area contributed by atoms with Gasteiger partial charge in [0.05, 0.1) is 5.69 Å². The molecule has 0 aromatic carbocycles. The number of aromatic nitrogens is 4. The summed E-state index contributed by atoms with van der Waals surface area (Å²) < 4.78 is 1.65. The lowest BCUT2D eigenvalue weighted by Gasteiger charge is -2.03. The fourth-order valence-electron chi connectivity index (χ4n) is 1.43. The van der Waals surface area contributed by atoms with Gasteiger partial charge in [0.25, 0.3) is 5.95 Å². The number of hydrogen-bond acceptors (Lipinski definition) is 4. The van der Waals surface area contributed by atoms with Gasteiger partial charge in [0, 0.05) is 11.8 Å². The molecule has 0 saturated heterocycles. The van der Waals surface area contributed by atoms with Gasteiger partial charge in [-0.2, -0.15) is 15.1 Å². The van der Waals surface area contributed by atoms with Crippen LogP contribution in [0.15, 0.2) is 6.07 Å². The molecule has 5 nitrogen and oxygen atoms in total. The van der Waals surface area contributed by atoms with Crippen molar-refractivity contribution in [1.29, 1.82) is 0 Å². The maximum absolute atomic E-state index is 5.83. The van der Waals surface area contributed by atoms with Gasteiger partial charge in [0.1, 0.15) is 11.0 Å². The van der Waals surface area contributed by atoms with E-state index in [9.17, 15) is 0 Å². The maximum atomic E-state index is 5.83. The second-order valence-electron chi connectivity index (χ2n) is 3.62. The average Bonchev–Trinajstić information content (AvgIpc) is 2.44. The first-order chi connectivity index (χ1) is 7.49. The third kappa shape index (κ3) is 1.74. The van der Waals surface area contributed by atoms with E-state index in [4.69, 9.17) is 17.3 Å². The van der Waals surface area contributed by atoms with Crippen LogP contribution in [0, 0.1) is 20.8 Å². The fraction of sp³-hybridized carbons (Fsp3) is 0.300. The normalized spacial score (nSPS) is 10.8. The van der Waals surface area contributed by atoms with E-state index in [1.807, 2.05) is 20.8 Å². The molecule has 0 aliphatic heterocycles. The molecule has 0 saturated carbocycles. The van der Waals surface area contributed by atoms with E-state index in [0.717, 1.165) is 17.0 Å². The maximum Gasteiger partial charge on any atom is 0.254 e. The van der Waals surface area contributed by atoms with Crippen molar-refractivity contribution in [2.75, 3.05) is 5.73 Å². The molecule has 2 N–H and O–H groups in total. The number of nitrogens with two attached hydrogens (primary N) is 1. The van der Waals surface area contributed by atoms with E-state index in [0.29, 0.717) is 16.9 Å². The third-order valence-corrected chi connectivity index (χ3v) is 2.74. The van der Waals surface area contributed by atoms with E-state index >= 15 is 0 Å². The highest BCUT2D eigenvalue weighted by Gasteiger charge is 2.11. The van der Waals surface area contributed by atoms with Crippen molar-refractivity contribution in [3.63, 3.8) is 0 Å². The summed E-state index contributed by atoms with van der Waals surface area (Å²) in [5.41, 5.74) is 8.66. The summed E-state index contributed by atoms with van der Waals surface area (Å²) in [5, 5.41) is 4.65. The molecule has 2 aromatic heterocycles. The Labute approximate surface area is 98.3 Å². The quantitative estimate of drug-likeness (QED) is 0.769. The Morgan fingerprint density at radius 3 is 2.44 bits per heavy atom. The highest BCUT2D eigenvalue weighted by molar-refractivity contribution is 6.29. The smallest absolute Gasteiger partial charge is 0.254 e. The van der Waals surface area contributed by atoms with Crippen molar-refractivity contribution in [2.45, 2.75) is 20.8 Å². The number of nitrogens with zero attached hydrogens (tertiary/aromatic N) is 4. The number of nitrogen functional groups attached to an aromatic ring is 1. The van der Waals surface area contributed by atoms with Crippen molar-refractivity contribution >= 4 is 17.4 Å². The molecule has 0 radical (unpaired) electrons. The van der Waals surface area contributed by atoms with E-state index in [2.05, 4.69) is 15.1 Å². The van der Waals surface area contributed by atoms with Crippen molar-refractivity contribution in [3.8, 4) is 5.95 Å². The Morgan fingerprint density at radius 1 is 1.25 bits per heavy atom. The van der Waals surface area contributed by atoms with Gasteiger partial charge in [-0.25, -0.2) is 4.68 Å². The summed E-state index contributed by atoms with van der Waals surface area (Å²) in [4.78, 5) is 8.20. The molecule has 0 aliphatic rings. The van der Waals surface area contributed by atoms with Gasteiger partial charge >= 0.3 is 0 Å². The molecule has 6 heteroatoms. The number of rotatable bonds is 1. The first-order valence-corrected chi connectivity index (χ1v) is 5.20. The van der Waals surface area contributed by atoms with Crippen LogP contribution in [0.4, 0.5) is 5.82 Å². The minimum Gasteiger partial charge on any atom is -0.383 e. The van der Waals surface area contributed by atoms with E-state index in [-0.39, 0.29) is 0 Å². The second-order valence-corrected chi connectivity index (χ2v) is 4.01. The number of anilines is 1. The largest absolute Gasteiger partial charge is 0.383 e. The summed E-state index contributed by atoms with van der Waals surface area (Å²) in [6.07, 6.45) is 0. The third-order valence-electron chi connectivity index (χ3n) is 2.55. The number of hydrogen-bond donors (Lipinski definition) is 1. The lowest BCUT2D eigenvalue weighted by Crippen LogP contribution is -2.07. The minimum atomic E-state index is 0.313. The van der Waals surface area contributed by atoms with Crippen LogP contribution in [0.2, 0.25) is 5.15 Å². The van der Waals surface area contributed by atoms with Crippen LogP contribution >= 0.6 is 11.6 Å². The predicted molar refractivity (Wildman–Crippen MR) is 62.8 cm³/mol. The number of aryl methyl sites for hydroxylation is 1. The highest BCUT2D eigenvalue weighted by Crippen LogP contribution is 2.16. The van der Waals surface area contributed by atoms with Gasteiger partial charge in [-0.1, -0.05) is 11.6 Å². The summed E-state index contributed by atoms with van der Waals surface area (Å²) in [5.74, 6) is 0.735. The molecule has 0 atom stereocenters. The molecule has 2 heterocycles. The fourth-order valence-corrected chi connectivity index (χ4v) is 1.62. The molecule has 0 spiro atoms. The summed E-state index contributed by atoms with van der Waals surface area (Å²) in [6, 6.07) is 1.50. The molecule has 2 rings (SSSR count). The molecule has 2 aromatic rings. The first kappa shape index (κ1) is 10.9. The first-order valence-electron chi connectivity index (χ1n) is 4.82. The molecular formula is C10H12ClN5. The monoisotopic (exact) mass is 237 g/mol. The van der Waals surface area contributed by atoms with Crippen LogP contribution in [0.1, 0.15) is 17.0 Å². The predicted octanol–water partition coefficient (Wildman–Crippen LogP) is 1.82. The van der Waals surface area contributed by atoms with Gasteiger partial charge in [0.15, 0.2) is 0 Å². The van der Waals surface area contributed by atoms with Crippen LogP contribution < -0.4 is 5.73 Å². The van der Waals surface area contributed by atoms with Crippen LogP contribution in [-0.4, -0.2) is 19.7 Å². The average molecular weight is 238 g/mol. The minimum absolute atomic E-state index is 0.313. The zero-order chi connectivity index (χ0) is 11.9. The van der Waals surface area contributed by atoms with Crippen LogP contribution in [0.25, 0.3) is 5.95 Å². The lowest BCUT2D eigenvalue weighted by atomic mass is 10.2. The Kier molecular flexibility index (Phi) is 2.55. The van der Waals surface area contributed by atoms with Gasteiger partial charge < -0.3 is 5.73 Å². The summed E-state index contributed by atoms with van der Waals surface area (Å²) in [7, 11) is 0. The van der Waals surface area contributed by atoms with Crippen molar-refractivity contribution in [2.24, 2.45) is 0 Å². The molecule has 0 aliphatic carbocycles. The second kappa shape index (κ2) is 3.75. The van der Waals surface area contributed by atoms with Gasteiger partial charge in [-0.3, -0.25) is 0 Å². The van der Waals surface area contributed by atoms with Gasteiger partial charge in [-0.15, -0.1) is 0 Å². The van der Waals surface area contributed by atoms with E-state index < -0.39 is 0 Å². The Balaban J connectivity index is 2.62. The van der Waals surface area contributed by atoms with Gasteiger partial charge in [-0.05, 0) is 26.3 Å². The van der Waals surface area contributed by atoms with Gasteiger partial charge in [0.2, 0.25) is 0 Å². The molecule has 0 amide bonds. The summed E-state index contributed by atoms with van der Waals surface area (Å²) >= 11 is 5.83. The lowest BCUT2D eigenvalue weighted by molar-refractivity contribution is 0.775. The van der Waals surface area contributed by atoms with Crippen LogP contribution in [-0.2, 0) is 0 Å². The van der Waals surface area contributed by atoms with E-state index in [1.54, 1.807) is 4.68 Å². The summed E-state index contributed by atoms with van der Waals surface area (Å²) in [6.45, 7) is 5.89. The Bertz CT molecular complexity index is 526. The number of halogens is 1. The van der Waals surface area contributed by atoms with Crippen LogP contribution in [0.5, 0.6) is 0 Å². The SMILES string of the molecule is Cc1nn(-c2nc(N)cc(Cl)n2)c(C)c1C. The topological polar surface area (TPSA) is 69.6 Å². The molecule has 0 unspecified atom stereocenters. The molecule has 16 heavy (non-hydrogen) atoms. The zero-order valence-electron chi connectivity index (χ0n) is 9.32. The molecule has 0 fully saturated rings. The Morgan fingerprint density at radius 2 is 1.94 bits per heavy atom. The van der Waals surface area contributed by atoms with E-state index in [1.165, 1.54) is 6.07 Å². The molecular weight excluding hydrogens is 226 g/mol. The molecule has 84 valence electrons. The standard InChI is InChI=1S/C10H12ClN5/c1-5-6(2)15-16(7(5)3)10-13-8(11)4-9(12)14-10/h4H,1-3H3,(H2,12,13,14). The van der Waals surface area contributed by atoms with Crippen molar-refractivity contribution in [1.82, 2.24) is 19.7 Å². The molecule has 0 bridgehead atoms. The van der Waals surface area contributed by atoms with Crippen LogP contribution in [0.3, 0.4) is 0 Å². The zero-order valence-corrected chi connectivity index (χ0v) is 10.1.